The summed E-state index contributed by atoms with van der Waals surface area (Å²) in [6.07, 6.45) is 0. The van der Waals surface area contributed by atoms with Gasteiger partial charge < -0.3 is 15.2 Å². The lowest BCUT2D eigenvalue weighted by atomic mass is 9.72. The molecule has 2 aromatic carbocycles. The van der Waals surface area contributed by atoms with Crippen LogP contribution in [0.5, 0.6) is 5.75 Å². The maximum atomic E-state index is 9.90. The summed E-state index contributed by atoms with van der Waals surface area (Å²) in [7, 11) is 1.68. The molecule has 0 saturated carbocycles. The van der Waals surface area contributed by atoms with Gasteiger partial charge in [0.25, 0.3) is 0 Å². The maximum Gasteiger partial charge on any atom is 0.118 e. The standard InChI is InChI=1S/C19H22N2O2/c1-23-14-8-6-13(7-9-14)11-21-17-10-20-16-5-3-2-4-15(16)19(17)18(21)12-22/h2-9,17-20,22H,10-12H2,1H3/t17-,18+,19+/m0/s1. The Morgan fingerprint density at radius 3 is 2.70 bits per heavy atom. The van der Waals surface area contributed by atoms with E-state index in [1.807, 2.05) is 12.1 Å². The molecule has 3 atom stereocenters. The summed E-state index contributed by atoms with van der Waals surface area (Å²) in [5.41, 5.74) is 3.81. The van der Waals surface area contributed by atoms with Gasteiger partial charge in [-0.3, -0.25) is 4.90 Å². The van der Waals surface area contributed by atoms with Gasteiger partial charge in [0.15, 0.2) is 0 Å². The summed E-state index contributed by atoms with van der Waals surface area (Å²) in [4.78, 5) is 2.41. The van der Waals surface area contributed by atoms with E-state index in [2.05, 4.69) is 46.6 Å². The lowest BCUT2D eigenvalue weighted by molar-refractivity contribution is -0.0459. The van der Waals surface area contributed by atoms with Crippen LogP contribution in [0.2, 0.25) is 0 Å². The van der Waals surface area contributed by atoms with Gasteiger partial charge in [-0.05, 0) is 29.3 Å². The fourth-order valence-electron chi connectivity index (χ4n) is 4.03. The molecule has 4 heteroatoms. The highest BCUT2D eigenvalue weighted by Crippen LogP contribution is 2.46. The Bertz CT molecular complexity index is 686. The van der Waals surface area contributed by atoms with Crippen LogP contribution in [0.1, 0.15) is 17.0 Å². The van der Waals surface area contributed by atoms with E-state index in [0.717, 1.165) is 18.8 Å². The summed E-state index contributed by atoms with van der Waals surface area (Å²) in [6, 6.07) is 17.3. The van der Waals surface area contributed by atoms with Crippen LogP contribution in [0.15, 0.2) is 48.5 Å². The van der Waals surface area contributed by atoms with Crippen LogP contribution >= 0.6 is 0 Å². The molecule has 2 heterocycles. The van der Waals surface area contributed by atoms with Crippen molar-refractivity contribution in [2.45, 2.75) is 24.5 Å². The van der Waals surface area contributed by atoms with Gasteiger partial charge in [0.2, 0.25) is 0 Å². The van der Waals surface area contributed by atoms with Gasteiger partial charge in [-0.25, -0.2) is 0 Å². The van der Waals surface area contributed by atoms with E-state index in [9.17, 15) is 5.11 Å². The first-order valence-electron chi connectivity index (χ1n) is 8.14. The molecule has 0 aromatic heterocycles. The zero-order chi connectivity index (χ0) is 15.8. The number of rotatable bonds is 4. The number of methoxy groups -OCH3 is 1. The Labute approximate surface area is 136 Å². The molecule has 0 radical (unpaired) electrons. The van der Waals surface area contributed by atoms with Gasteiger partial charge in [0.1, 0.15) is 5.75 Å². The number of anilines is 1. The number of nitrogens with zero attached hydrogens (tertiary/aromatic N) is 1. The van der Waals surface area contributed by atoms with Crippen LogP contribution in [0.3, 0.4) is 0 Å². The second-order valence-electron chi connectivity index (χ2n) is 6.33. The van der Waals surface area contributed by atoms with Crippen molar-refractivity contribution in [3.63, 3.8) is 0 Å². The zero-order valence-corrected chi connectivity index (χ0v) is 13.3. The molecule has 1 fully saturated rings. The van der Waals surface area contributed by atoms with E-state index < -0.39 is 0 Å². The molecule has 0 spiro atoms. The molecule has 2 aliphatic rings. The topological polar surface area (TPSA) is 44.7 Å². The minimum Gasteiger partial charge on any atom is -0.497 e. The van der Waals surface area contributed by atoms with Crippen LogP contribution in [-0.2, 0) is 6.54 Å². The van der Waals surface area contributed by atoms with Crippen molar-refractivity contribution in [3.05, 3.63) is 59.7 Å². The summed E-state index contributed by atoms with van der Waals surface area (Å²) in [5.74, 6) is 1.30. The monoisotopic (exact) mass is 310 g/mol. The van der Waals surface area contributed by atoms with Crippen LogP contribution < -0.4 is 10.1 Å². The Morgan fingerprint density at radius 1 is 1.17 bits per heavy atom. The van der Waals surface area contributed by atoms with Crippen LogP contribution in [0.4, 0.5) is 5.69 Å². The smallest absolute Gasteiger partial charge is 0.118 e. The second kappa shape index (κ2) is 5.87. The van der Waals surface area contributed by atoms with Crippen molar-refractivity contribution < 1.29 is 9.84 Å². The second-order valence-corrected chi connectivity index (χ2v) is 6.33. The van der Waals surface area contributed by atoms with E-state index in [1.165, 1.54) is 16.8 Å². The minimum absolute atomic E-state index is 0.199. The first-order valence-corrected chi connectivity index (χ1v) is 8.14. The molecule has 4 rings (SSSR count). The number of hydrogen-bond donors (Lipinski definition) is 2. The van der Waals surface area contributed by atoms with E-state index in [0.29, 0.717) is 12.0 Å². The zero-order valence-electron chi connectivity index (χ0n) is 13.3. The lowest BCUT2D eigenvalue weighted by Gasteiger charge is -2.57. The average Bonchev–Trinajstić information content (AvgIpc) is 2.60. The van der Waals surface area contributed by atoms with E-state index in [-0.39, 0.29) is 12.6 Å². The molecule has 4 nitrogen and oxygen atoms in total. The molecule has 23 heavy (non-hydrogen) atoms. The fraction of sp³-hybridized carbons (Fsp3) is 0.368. The van der Waals surface area contributed by atoms with Gasteiger partial charge >= 0.3 is 0 Å². The van der Waals surface area contributed by atoms with Crippen molar-refractivity contribution >= 4 is 5.69 Å². The van der Waals surface area contributed by atoms with Gasteiger partial charge in [0, 0.05) is 36.8 Å². The number of aliphatic hydroxyl groups is 1. The van der Waals surface area contributed by atoms with Crippen molar-refractivity contribution in [3.8, 4) is 5.75 Å². The highest BCUT2D eigenvalue weighted by atomic mass is 16.5. The van der Waals surface area contributed by atoms with Crippen molar-refractivity contribution in [2.75, 3.05) is 25.6 Å². The molecule has 0 bridgehead atoms. The third kappa shape index (κ3) is 2.38. The van der Waals surface area contributed by atoms with Crippen molar-refractivity contribution in [1.29, 1.82) is 0 Å². The van der Waals surface area contributed by atoms with E-state index in [4.69, 9.17) is 4.74 Å². The number of benzene rings is 2. The molecular formula is C19H22N2O2. The van der Waals surface area contributed by atoms with Gasteiger partial charge in [-0.2, -0.15) is 0 Å². The molecule has 1 saturated heterocycles. The molecule has 2 N–H and O–H groups in total. The number of likely N-dealkylation sites (tertiary alicyclic amines) is 1. The number of ether oxygens (including phenoxy) is 1. The minimum atomic E-state index is 0.199. The van der Waals surface area contributed by atoms with E-state index in [1.54, 1.807) is 7.11 Å². The first-order chi connectivity index (χ1) is 11.3. The summed E-state index contributed by atoms with van der Waals surface area (Å²) in [5, 5.41) is 13.4. The first kappa shape index (κ1) is 14.5. The summed E-state index contributed by atoms with van der Waals surface area (Å²) < 4.78 is 5.22. The molecule has 0 aliphatic carbocycles. The SMILES string of the molecule is COc1ccc(CN2[C@H](CO)[C@@H]3c4ccccc4NC[C@@H]32)cc1. The molecule has 2 aliphatic heterocycles. The Kier molecular flexibility index (Phi) is 3.71. The summed E-state index contributed by atoms with van der Waals surface area (Å²) in [6.45, 7) is 2.00. The van der Waals surface area contributed by atoms with Gasteiger partial charge in [0.05, 0.1) is 13.7 Å². The molecule has 120 valence electrons. The quantitative estimate of drug-likeness (QED) is 0.910. The normalized spacial score (nSPS) is 25.7. The maximum absolute atomic E-state index is 9.90. The molecular weight excluding hydrogens is 288 g/mol. The van der Waals surface area contributed by atoms with Crippen molar-refractivity contribution in [2.24, 2.45) is 0 Å². The van der Waals surface area contributed by atoms with Crippen LogP contribution in [-0.4, -0.2) is 42.4 Å². The highest BCUT2D eigenvalue weighted by molar-refractivity contribution is 5.57. The predicted octanol–water partition coefficient (Wildman–Crippen LogP) is 2.45. The molecule has 2 aromatic rings. The molecule has 0 amide bonds. The number of aliphatic hydroxyl groups excluding tert-OH is 1. The van der Waals surface area contributed by atoms with Crippen LogP contribution in [0.25, 0.3) is 0 Å². The molecule has 0 unspecified atom stereocenters. The predicted molar refractivity (Wildman–Crippen MR) is 90.9 cm³/mol. The van der Waals surface area contributed by atoms with Gasteiger partial charge in [-0.15, -0.1) is 0 Å². The summed E-state index contributed by atoms with van der Waals surface area (Å²) >= 11 is 0. The number of nitrogens with one attached hydrogen (secondary N) is 1. The van der Waals surface area contributed by atoms with Crippen molar-refractivity contribution in [1.82, 2.24) is 4.90 Å². The fourth-order valence-corrected chi connectivity index (χ4v) is 4.03. The van der Waals surface area contributed by atoms with E-state index >= 15 is 0 Å². The highest BCUT2D eigenvalue weighted by Gasteiger charge is 2.50. The number of para-hydroxylation sites is 1. The number of hydrogen-bond acceptors (Lipinski definition) is 4. The number of fused-ring (bicyclic) bond motifs is 3. The Hall–Kier alpha value is -2.04. The average molecular weight is 310 g/mol. The van der Waals surface area contributed by atoms with Gasteiger partial charge in [-0.1, -0.05) is 30.3 Å². The Balaban J connectivity index is 1.55. The third-order valence-electron chi connectivity index (χ3n) is 5.21. The lowest BCUT2D eigenvalue weighted by Crippen LogP contribution is -2.66. The van der Waals surface area contributed by atoms with Crippen LogP contribution in [0, 0.1) is 0 Å². The third-order valence-corrected chi connectivity index (χ3v) is 5.21. The largest absolute Gasteiger partial charge is 0.497 e. The Morgan fingerprint density at radius 2 is 1.96 bits per heavy atom.